The van der Waals surface area contributed by atoms with Crippen LogP contribution in [0.4, 0.5) is 4.39 Å². The first-order valence-electron chi connectivity index (χ1n) is 6.69. The van der Waals surface area contributed by atoms with Crippen molar-refractivity contribution in [2.24, 2.45) is 9.98 Å². The van der Waals surface area contributed by atoms with E-state index < -0.39 is 5.97 Å². The van der Waals surface area contributed by atoms with Gasteiger partial charge in [0.2, 0.25) is 5.90 Å². The summed E-state index contributed by atoms with van der Waals surface area (Å²) in [6.45, 7) is 5.40. The van der Waals surface area contributed by atoms with Crippen LogP contribution in [-0.2, 0) is 20.7 Å². The molecule has 0 fully saturated rings. The highest BCUT2D eigenvalue weighted by Gasteiger charge is 2.23. The average molecular weight is 306 g/mol. The molecule has 1 aromatic rings. The minimum atomic E-state index is -0.588. The molecule has 1 aromatic carbocycles. The minimum absolute atomic E-state index is 0.114. The van der Waals surface area contributed by atoms with Gasteiger partial charge in [-0.25, -0.2) is 9.18 Å². The second-order valence-electron chi connectivity index (χ2n) is 4.24. The van der Waals surface area contributed by atoms with Crippen molar-refractivity contribution in [2.75, 3.05) is 20.8 Å². The van der Waals surface area contributed by atoms with Crippen LogP contribution in [0.15, 0.2) is 45.5 Å². The van der Waals surface area contributed by atoms with E-state index in [1.54, 1.807) is 19.1 Å². The molecule has 5 nitrogen and oxygen atoms in total. The van der Waals surface area contributed by atoms with Gasteiger partial charge in [0.15, 0.2) is 0 Å². The highest BCUT2D eigenvalue weighted by atomic mass is 19.1. The quantitative estimate of drug-likeness (QED) is 0.351. The van der Waals surface area contributed by atoms with Gasteiger partial charge in [-0.15, -0.1) is 0 Å². The number of hydrogen-bond acceptors (Lipinski definition) is 5. The molecular formula is C16H19FN2O3. The highest BCUT2D eigenvalue weighted by molar-refractivity contribution is 6.17. The molecule has 0 saturated heterocycles. The van der Waals surface area contributed by atoms with Gasteiger partial charge in [-0.2, -0.15) is 0 Å². The molecule has 0 atom stereocenters. The second-order valence-corrected chi connectivity index (χ2v) is 4.24. The van der Waals surface area contributed by atoms with E-state index in [4.69, 9.17) is 9.47 Å². The zero-order chi connectivity index (χ0) is 16.5. The first-order chi connectivity index (χ1) is 10.6. The number of methoxy groups -OCH3 is 1. The average Bonchev–Trinajstić information content (AvgIpc) is 2.52. The van der Waals surface area contributed by atoms with Crippen LogP contribution >= 0.6 is 0 Å². The van der Waals surface area contributed by atoms with E-state index >= 15 is 0 Å². The number of carbonyl (C=O) groups excluding carboxylic acids is 1. The third-order valence-corrected chi connectivity index (χ3v) is 2.85. The van der Waals surface area contributed by atoms with Crippen LogP contribution in [0.5, 0.6) is 0 Å². The molecule has 0 aliphatic heterocycles. The number of benzene rings is 1. The molecule has 22 heavy (non-hydrogen) atoms. The molecule has 1 rings (SSSR count). The molecule has 0 radical (unpaired) electrons. The van der Waals surface area contributed by atoms with Gasteiger partial charge >= 0.3 is 5.97 Å². The first kappa shape index (κ1) is 17.6. The summed E-state index contributed by atoms with van der Waals surface area (Å²) < 4.78 is 23.1. The molecule has 0 aliphatic carbocycles. The summed E-state index contributed by atoms with van der Waals surface area (Å²) in [6.07, 6.45) is 0.278. The lowest BCUT2D eigenvalue weighted by Gasteiger charge is -2.12. The SMILES string of the molecule is C=N/C(Cc1ccc(F)cc1)=C(/C(=O)OCC)C(=NC)OC. The molecule has 0 saturated carbocycles. The van der Waals surface area contributed by atoms with E-state index in [0.717, 1.165) is 5.56 Å². The fourth-order valence-electron chi connectivity index (χ4n) is 1.86. The van der Waals surface area contributed by atoms with Gasteiger partial charge in [0.05, 0.1) is 19.4 Å². The maximum atomic E-state index is 13.0. The van der Waals surface area contributed by atoms with Crippen molar-refractivity contribution in [3.63, 3.8) is 0 Å². The van der Waals surface area contributed by atoms with E-state index in [9.17, 15) is 9.18 Å². The lowest BCUT2D eigenvalue weighted by molar-refractivity contribution is -0.138. The second kappa shape index (κ2) is 8.71. The summed E-state index contributed by atoms with van der Waals surface area (Å²) in [4.78, 5) is 20.0. The van der Waals surface area contributed by atoms with Crippen LogP contribution in [0, 0.1) is 5.82 Å². The lowest BCUT2D eigenvalue weighted by atomic mass is 10.1. The van der Waals surface area contributed by atoms with Gasteiger partial charge in [0, 0.05) is 13.5 Å². The maximum Gasteiger partial charge on any atom is 0.345 e. The van der Waals surface area contributed by atoms with Crippen molar-refractivity contribution in [1.82, 2.24) is 0 Å². The number of ether oxygens (including phenoxy) is 2. The Kier molecular flexibility index (Phi) is 6.95. The summed E-state index contributed by atoms with van der Waals surface area (Å²) in [5, 5.41) is 0. The number of nitrogens with zero attached hydrogens (tertiary/aromatic N) is 2. The van der Waals surface area contributed by atoms with Crippen LogP contribution in [0.1, 0.15) is 12.5 Å². The molecule has 0 aromatic heterocycles. The first-order valence-corrected chi connectivity index (χ1v) is 6.69. The molecule has 6 heteroatoms. The Labute approximate surface area is 129 Å². The Bertz CT molecular complexity index is 592. The lowest BCUT2D eigenvalue weighted by Crippen LogP contribution is -2.20. The Morgan fingerprint density at radius 1 is 1.32 bits per heavy atom. The third kappa shape index (κ3) is 4.51. The monoisotopic (exact) mass is 306 g/mol. The van der Waals surface area contributed by atoms with Crippen molar-refractivity contribution >= 4 is 18.6 Å². The summed E-state index contributed by atoms with van der Waals surface area (Å²) in [5.41, 5.74) is 1.25. The summed E-state index contributed by atoms with van der Waals surface area (Å²) in [7, 11) is 2.90. The Hall–Kier alpha value is -2.50. The van der Waals surface area contributed by atoms with Crippen LogP contribution in [0.3, 0.4) is 0 Å². The number of allylic oxidation sites excluding steroid dienone is 1. The molecule has 0 spiro atoms. The number of hydrogen-bond donors (Lipinski definition) is 0. The molecule has 0 amide bonds. The third-order valence-electron chi connectivity index (χ3n) is 2.85. The molecule has 118 valence electrons. The van der Waals surface area contributed by atoms with Crippen LogP contribution < -0.4 is 0 Å². The summed E-state index contributed by atoms with van der Waals surface area (Å²) in [6, 6.07) is 5.90. The van der Waals surface area contributed by atoms with Crippen LogP contribution in [0.25, 0.3) is 0 Å². The Morgan fingerprint density at radius 3 is 2.41 bits per heavy atom. The van der Waals surface area contributed by atoms with E-state index in [0.29, 0.717) is 5.70 Å². The van der Waals surface area contributed by atoms with E-state index in [2.05, 4.69) is 16.7 Å². The van der Waals surface area contributed by atoms with Gasteiger partial charge in [-0.05, 0) is 31.3 Å². The van der Waals surface area contributed by atoms with Gasteiger partial charge in [0.1, 0.15) is 11.4 Å². The van der Waals surface area contributed by atoms with Crippen molar-refractivity contribution in [2.45, 2.75) is 13.3 Å². The zero-order valence-electron chi connectivity index (χ0n) is 12.9. The number of carbonyl (C=O) groups is 1. The molecule has 0 N–H and O–H groups in total. The number of esters is 1. The molecule has 0 heterocycles. The van der Waals surface area contributed by atoms with Gasteiger partial charge in [-0.1, -0.05) is 12.1 Å². The van der Waals surface area contributed by atoms with Gasteiger partial charge < -0.3 is 9.47 Å². The van der Waals surface area contributed by atoms with Crippen molar-refractivity contribution in [3.05, 3.63) is 46.9 Å². The zero-order valence-corrected chi connectivity index (χ0v) is 12.9. The Balaban J connectivity index is 3.28. The van der Waals surface area contributed by atoms with E-state index in [-0.39, 0.29) is 30.3 Å². The predicted octanol–water partition coefficient (Wildman–Crippen LogP) is 2.56. The van der Waals surface area contributed by atoms with Crippen molar-refractivity contribution < 1.29 is 18.7 Å². The van der Waals surface area contributed by atoms with E-state index in [1.807, 2.05) is 0 Å². The number of rotatable bonds is 6. The van der Waals surface area contributed by atoms with Gasteiger partial charge in [0.25, 0.3) is 0 Å². The predicted molar refractivity (Wildman–Crippen MR) is 83.7 cm³/mol. The van der Waals surface area contributed by atoms with Crippen molar-refractivity contribution in [1.29, 1.82) is 0 Å². The van der Waals surface area contributed by atoms with E-state index in [1.165, 1.54) is 26.3 Å². The largest absolute Gasteiger partial charge is 0.481 e. The fourth-order valence-corrected chi connectivity index (χ4v) is 1.86. The molecule has 0 aliphatic rings. The number of aliphatic imine (C=N–C) groups is 2. The smallest absolute Gasteiger partial charge is 0.345 e. The molecule has 0 unspecified atom stereocenters. The topological polar surface area (TPSA) is 60.2 Å². The normalized spacial score (nSPS) is 12.5. The minimum Gasteiger partial charge on any atom is -0.481 e. The summed E-state index contributed by atoms with van der Waals surface area (Å²) in [5.74, 6) is -0.809. The fraction of sp³-hybridized carbons (Fsp3) is 0.312. The maximum absolute atomic E-state index is 13.0. The molecular weight excluding hydrogens is 287 g/mol. The highest BCUT2D eigenvalue weighted by Crippen LogP contribution is 2.17. The van der Waals surface area contributed by atoms with Gasteiger partial charge in [-0.3, -0.25) is 9.98 Å². The van der Waals surface area contributed by atoms with Crippen molar-refractivity contribution in [3.8, 4) is 0 Å². The summed E-state index contributed by atoms with van der Waals surface area (Å²) >= 11 is 0. The number of halogens is 1. The van der Waals surface area contributed by atoms with Crippen LogP contribution in [-0.4, -0.2) is 39.3 Å². The standard InChI is InChI=1S/C16H19FN2O3/c1-5-22-16(20)14(15(19-3)21-4)13(18-2)10-11-6-8-12(17)9-7-11/h6-9H,2,5,10H2,1,3-4H3/b14-13+,19-15?. The Morgan fingerprint density at radius 2 is 1.95 bits per heavy atom. The van der Waals surface area contributed by atoms with Crippen LogP contribution in [0.2, 0.25) is 0 Å². The molecule has 0 bridgehead atoms.